The first-order chi connectivity index (χ1) is 8.38. The highest BCUT2D eigenvalue weighted by atomic mass is 79.9. The van der Waals surface area contributed by atoms with Crippen molar-refractivity contribution in [2.45, 2.75) is 6.18 Å². The molecule has 1 aliphatic heterocycles. The molecule has 0 saturated carbocycles. The van der Waals surface area contributed by atoms with E-state index in [1.165, 1.54) is 12.1 Å². The van der Waals surface area contributed by atoms with E-state index in [-0.39, 0.29) is 4.47 Å². The number of likely N-dealkylation sites (N-methyl/N-ethyl adjacent to an activating group) is 1. The second-order valence-corrected chi connectivity index (χ2v) is 5.31. The molecule has 0 spiro atoms. The van der Waals surface area contributed by atoms with Crippen molar-refractivity contribution in [3.8, 4) is 0 Å². The molecule has 18 heavy (non-hydrogen) atoms. The summed E-state index contributed by atoms with van der Waals surface area (Å²) in [6, 6.07) is 4.41. The quantitative estimate of drug-likeness (QED) is 0.783. The third kappa shape index (κ3) is 2.98. The standard InChI is InChI=1S/C12H14BrF3N2/c1-17-4-6-18(7-5-17)9-2-3-11(13)10(8-9)12(14,15)16/h2-3,8H,4-7H2,1H3. The van der Waals surface area contributed by atoms with E-state index >= 15 is 0 Å². The lowest BCUT2D eigenvalue weighted by Gasteiger charge is -2.34. The first kappa shape index (κ1) is 13.7. The van der Waals surface area contributed by atoms with Crippen molar-refractivity contribution in [1.29, 1.82) is 0 Å². The Kier molecular flexibility index (Phi) is 3.87. The van der Waals surface area contributed by atoms with Gasteiger partial charge in [-0.3, -0.25) is 0 Å². The predicted molar refractivity (Wildman–Crippen MR) is 68.9 cm³/mol. The fourth-order valence-corrected chi connectivity index (χ4v) is 2.46. The summed E-state index contributed by atoms with van der Waals surface area (Å²) in [4.78, 5) is 4.15. The molecule has 100 valence electrons. The van der Waals surface area contributed by atoms with Crippen LogP contribution < -0.4 is 4.90 Å². The maximum absolute atomic E-state index is 12.8. The van der Waals surface area contributed by atoms with Gasteiger partial charge >= 0.3 is 6.18 Å². The summed E-state index contributed by atoms with van der Waals surface area (Å²) in [7, 11) is 2.01. The molecule has 1 aliphatic rings. The smallest absolute Gasteiger partial charge is 0.369 e. The Hall–Kier alpha value is -0.750. The molecular weight excluding hydrogens is 309 g/mol. The number of hydrogen-bond acceptors (Lipinski definition) is 2. The molecule has 0 bridgehead atoms. The zero-order valence-corrected chi connectivity index (χ0v) is 11.6. The van der Waals surface area contributed by atoms with Crippen LogP contribution in [0.5, 0.6) is 0 Å². The van der Waals surface area contributed by atoms with Crippen molar-refractivity contribution < 1.29 is 13.2 Å². The van der Waals surface area contributed by atoms with Gasteiger partial charge in [-0.1, -0.05) is 15.9 Å². The van der Waals surface area contributed by atoms with Gasteiger partial charge in [0.1, 0.15) is 0 Å². The zero-order valence-electron chi connectivity index (χ0n) is 9.97. The molecule has 1 fully saturated rings. The van der Waals surface area contributed by atoms with Crippen LogP contribution in [0.15, 0.2) is 22.7 Å². The largest absolute Gasteiger partial charge is 0.417 e. The average molecular weight is 323 g/mol. The van der Waals surface area contributed by atoms with E-state index in [9.17, 15) is 13.2 Å². The van der Waals surface area contributed by atoms with Gasteiger partial charge < -0.3 is 9.80 Å². The number of alkyl halides is 3. The SMILES string of the molecule is CN1CCN(c2ccc(Br)c(C(F)(F)F)c2)CC1. The van der Waals surface area contributed by atoms with Gasteiger partial charge in [0, 0.05) is 36.3 Å². The highest BCUT2D eigenvalue weighted by Crippen LogP contribution is 2.37. The lowest BCUT2D eigenvalue weighted by molar-refractivity contribution is -0.138. The topological polar surface area (TPSA) is 6.48 Å². The first-order valence-electron chi connectivity index (χ1n) is 5.68. The fraction of sp³-hybridized carbons (Fsp3) is 0.500. The molecule has 1 saturated heterocycles. The van der Waals surface area contributed by atoms with E-state index in [0.29, 0.717) is 5.69 Å². The van der Waals surface area contributed by atoms with Crippen molar-refractivity contribution in [3.63, 3.8) is 0 Å². The minimum atomic E-state index is -4.32. The molecular formula is C12H14BrF3N2. The van der Waals surface area contributed by atoms with Crippen LogP contribution in [0.1, 0.15) is 5.56 Å². The van der Waals surface area contributed by atoms with Gasteiger partial charge in [0.25, 0.3) is 0 Å². The van der Waals surface area contributed by atoms with E-state index in [1.54, 1.807) is 6.07 Å². The Labute approximate surface area is 112 Å². The van der Waals surface area contributed by atoms with E-state index < -0.39 is 11.7 Å². The fourth-order valence-electron chi connectivity index (χ4n) is 1.99. The minimum Gasteiger partial charge on any atom is -0.369 e. The molecule has 2 rings (SSSR count). The summed E-state index contributed by atoms with van der Waals surface area (Å²) in [6.45, 7) is 3.26. The second kappa shape index (κ2) is 5.09. The molecule has 1 aromatic rings. The number of rotatable bonds is 1. The van der Waals surface area contributed by atoms with Crippen LogP contribution >= 0.6 is 15.9 Å². The van der Waals surface area contributed by atoms with Gasteiger partial charge in [0.2, 0.25) is 0 Å². The molecule has 0 radical (unpaired) electrons. The van der Waals surface area contributed by atoms with Crippen LogP contribution in [-0.2, 0) is 6.18 Å². The summed E-state index contributed by atoms with van der Waals surface area (Å²) in [6.07, 6.45) is -4.32. The Morgan fingerprint density at radius 1 is 1.11 bits per heavy atom. The Morgan fingerprint density at radius 2 is 1.72 bits per heavy atom. The third-order valence-corrected chi connectivity index (χ3v) is 3.82. The molecule has 0 aromatic heterocycles. The number of hydrogen-bond donors (Lipinski definition) is 0. The van der Waals surface area contributed by atoms with Crippen LogP contribution in [0.4, 0.5) is 18.9 Å². The highest BCUT2D eigenvalue weighted by Gasteiger charge is 2.33. The average Bonchev–Trinajstić information content (AvgIpc) is 2.29. The molecule has 0 unspecified atom stereocenters. The van der Waals surface area contributed by atoms with Crippen LogP contribution in [0.3, 0.4) is 0 Å². The molecule has 0 amide bonds. The number of nitrogens with zero attached hydrogens (tertiary/aromatic N) is 2. The van der Waals surface area contributed by atoms with Crippen LogP contribution in [0, 0.1) is 0 Å². The minimum absolute atomic E-state index is 0.0906. The van der Waals surface area contributed by atoms with Crippen LogP contribution in [-0.4, -0.2) is 38.1 Å². The predicted octanol–water partition coefficient (Wildman–Crippen LogP) is 3.22. The molecule has 0 N–H and O–H groups in total. The van der Waals surface area contributed by atoms with Gasteiger partial charge in [-0.15, -0.1) is 0 Å². The van der Waals surface area contributed by atoms with E-state index in [4.69, 9.17) is 0 Å². The monoisotopic (exact) mass is 322 g/mol. The van der Waals surface area contributed by atoms with Crippen LogP contribution in [0.2, 0.25) is 0 Å². The normalized spacial score (nSPS) is 18.2. The van der Waals surface area contributed by atoms with Gasteiger partial charge in [0.05, 0.1) is 5.56 Å². The summed E-state index contributed by atoms with van der Waals surface area (Å²) >= 11 is 2.95. The number of anilines is 1. The van der Waals surface area contributed by atoms with Crippen molar-refractivity contribution in [2.75, 3.05) is 38.1 Å². The summed E-state index contributed by atoms with van der Waals surface area (Å²) in [5, 5.41) is 0. The summed E-state index contributed by atoms with van der Waals surface area (Å²) < 4.78 is 38.5. The lowest BCUT2D eigenvalue weighted by Crippen LogP contribution is -2.44. The summed E-state index contributed by atoms with van der Waals surface area (Å²) in [5.74, 6) is 0. The van der Waals surface area contributed by atoms with Gasteiger partial charge in [-0.25, -0.2) is 0 Å². The second-order valence-electron chi connectivity index (χ2n) is 4.45. The Balaban J connectivity index is 2.24. The number of benzene rings is 1. The van der Waals surface area contributed by atoms with Gasteiger partial charge in [0.15, 0.2) is 0 Å². The molecule has 0 atom stereocenters. The highest BCUT2D eigenvalue weighted by molar-refractivity contribution is 9.10. The van der Waals surface area contributed by atoms with Crippen molar-refractivity contribution in [3.05, 3.63) is 28.2 Å². The molecule has 1 aromatic carbocycles. The maximum atomic E-state index is 12.8. The van der Waals surface area contributed by atoms with E-state index in [1.807, 2.05) is 11.9 Å². The molecule has 2 nitrogen and oxygen atoms in total. The molecule has 6 heteroatoms. The third-order valence-electron chi connectivity index (χ3n) is 3.12. The maximum Gasteiger partial charge on any atom is 0.417 e. The van der Waals surface area contributed by atoms with Gasteiger partial charge in [-0.05, 0) is 25.2 Å². The van der Waals surface area contributed by atoms with E-state index in [0.717, 1.165) is 26.2 Å². The number of piperazine rings is 1. The Morgan fingerprint density at radius 3 is 2.28 bits per heavy atom. The first-order valence-corrected chi connectivity index (χ1v) is 6.47. The van der Waals surface area contributed by atoms with Crippen molar-refractivity contribution >= 4 is 21.6 Å². The van der Waals surface area contributed by atoms with Crippen molar-refractivity contribution in [2.24, 2.45) is 0 Å². The van der Waals surface area contributed by atoms with Gasteiger partial charge in [-0.2, -0.15) is 13.2 Å². The lowest BCUT2D eigenvalue weighted by atomic mass is 10.1. The van der Waals surface area contributed by atoms with Crippen LogP contribution in [0.25, 0.3) is 0 Å². The molecule has 1 heterocycles. The Bertz CT molecular complexity index is 426. The zero-order chi connectivity index (χ0) is 13.3. The number of halogens is 4. The summed E-state index contributed by atoms with van der Waals surface area (Å²) in [5.41, 5.74) is 0.0255. The van der Waals surface area contributed by atoms with E-state index in [2.05, 4.69) is 20.8 Å². The molecule has 0 aliphatic carbocycles. The van der Waals surface area contributed by atoms with Crippen molar-refractivity contribution in [1.82, 2.24) is 4.90 Å².